The summed E-state index contributed by atoms with van der Waals surface area (Å²) in [4.78, 5) is 15.0. The van der Waals surface area contributed by atoms with Gasteiger partial charge in [0.05, 0.1) is 6.04 Å². The molecule has 0 spiro atoms. The van der Waals surface area contributed by atoms with E-state index in [4.69, 9.17) is 11.6 Å². The van der Waals surface area contributed by atoms with Crippen molar-refractivity contribution in [3.05, 3.63) is 52.7 Å². The molecule has 0 radical (unpaired) electrons. The zero-order chi connectivity index (χ0) is 17.9. The molecule has 2 aromatic rings. The number of anilines is 1. The number of fused-ring (bicyclic) bond motifs is 1. The molecule has 1 aliphatic heterocycles. The molecule has 136 valence electrons. The van der Waals surface area contributed by atoms with Crippen LogP contribution < -0.4 is 10.2 Å². The predicted octanol–water partition coefficient (Wildman–Crippen LogP) is 3.54. The maximum atomic E-state index is 12.8. The lowest BCUT2D eigenvalue weighted by Gasteiger charge is -2.33. The van der Waals surface area contributed by atoms with Crippen LogP contribution in [0.4, 0.5) is 5.82 Å². The standard InChI is InChI=1S/C20H23ClN4O/c21-18-8-9-19(24-23-18)25-12-10-15(11-13-25)20(26)22-17-7-3-5-14-4-1-2-6-16(14)17/h1-2,4,6,8-9,15,17H,3,5,7,10-13H2,(H,22,26). The van der Waals surface area contributed by atoms with Crippen molar-refractivity contribution in [2.45, 2.75) is 38.1 Å². The van der Waals surface area contributed by atoms with Crippen molar-refractivity contribution < 1.29 is 4.79 Å². The Morgan fingerprint density at radius 1 is 1.08 bits per heavy atom. The first-order chi connectivity index (χ1) is 12.7. The number of carbonyl (C=O) groups is 1. The summed E-state index contributed by atoms with van der Waals surface area (Å²) in [5.74, 6) is 1.09. The van der Waals surface area contributed by atoms with E-state index in [9.17, 15) is 4.79 Å². The molecule has 1 aromatic carbocycles. The molecule has 1 saturated heterocycles. The van der Waals surface area contributed by atoms with Gasteiger partial charge < -0.3 is 10.2 Å². The second-order valence-corrected chi connectivity index (χ2v) is 7.52. The Bertz CT molecular complexity index is 772. The molecule has 0 saturated carbocycles. The molecule has 1 atom stereocenters. The lowest BCUT2D eigenvalue weighted by Crippen LogP contribution is -2.42. The van der Waals surface area contributed by atoms with E-state index >= 15 is 0 Å². The zero-order valence-corrected chi connectivity index (χ0v) is 15.5. The monoisotopic (exact) mass is 370 g/mol. The predicted molar refractivity (Wildman–Crippen MR) is 102 cm³/mol. The van der Waals surface area contributed by atoms with Gasteiger partial charge in [-0.25, -0.2) is 0 Å². The van der Waals surface area contributed by atoms with Crippen LogP contribution in [0, 0.1) is 5.92 Å². The van der Waals surface area contributed by atoms with Crippen molar-refractivity contribution in [2.75, 3.05) is 18.0 Å². The van der Waals surface area contributed by atoms with Crippen molar-refractivity contribution in [3.63, 3.8) is 0 Å². The average molecular weight is 371 g/mol. The maximum Gasteiger partial charge on any atom is 0.223 e. The van der Waals surface area contributed by atoms with Crippen LogP contribution in [0.25, 0.3) is 0 Å². The Morgan fingerprint density at radius 3 is 2.65 bits per heavy atom. The highest BCUT2D eigenvalue weighted by Crippen LogP contribution is 2.30. The molecule has 4 rings (SSSR count). The van der Waals surface area contributed by atoms with Crippen LogP contribution in [0.2, 0.25) is 5.15 Å². The molecule has 1 fully saturated rings. The molecule has 1 aliphatic carbocycles. The van der Waals surface area contributed by atoms with Crippen LogP contribution in [0.1, 0.15) is 42.9 Å². The van der Waals surface area contributed by atoms with Gasteiger partial charge in [-0.15, -0.1) is 10.2 Å². The molecule has 1 amide bonds. The lowest BCUT2D eigenvalue weighted by atomic mass is 9.87. The minimum atomic E-state index is 0.0700. The highest BCUT2D eigenvalue weighted by atomic mass is 35.5. The number of hydrogen-bond donors (Lipinski definition) is 1. The number of rotatable bonds is 3. The minimum Gasteiger partial charge on any atom is -0.355 e. The first-order valence-electron chi connectivity index (χ1n) is 9.33. The fraction of sp³-hybridized carbons (Fsp3) is 0.450. The number of benzene rings is 1. The quantitative estimate of drug-likeness (QED) is 0.897. The molecule has 1 N–H and O–H groups in total. The highest BCUT2D eigenvalue weighted by Gasteiger charge is 2.29. The normalized spacial score (nSPS) is 20.5. The van der Waals surface area contributed by atoms with E-state index in [-0.39, 0.29) is 17.9 Å². The maximum absolute atomic E-state index is 12.8. The molecule has 2 aliphatic rings. The van der Waals surface area contributed by atoms with E-state index in [2.05, 4.69) is 44.7 Å². The van der Waals surface area contributed by atoms with Crippen LogP contribution in [0.3, 0.4) is 0 Å². The third-order valence-electron chi connectivity index (χ3n) is 5.49. The molecule has 0 bridgehead atoms. The van der Waals surface area contributed by atoms with Gasteiger partial charge in [-0.1, -0.05) is 35.9 Å². The fourth-order valence-electron chi connectivity index (χ4n) is 4.04. The fourth-order valence-corrected chi connectivity index (χ4v) is 4.14. The first kappa shape index (κ1) is 17.3. The summed E-state index contributed by atoms with van der Waals surface area (Å²) in [6, 6.07) is 12.3. The molecule has 1 aromatic heterocycles. The minimum absolute atomic E-state index is 0.0700. The number of piperidine rings is 1. The highest BCUT2D eigenvalue weighted by molar-refractivity contribution is 6.29. The topological polar surface area (TPSA) is 58.1 Å². The molecule has 6 heteroatoms. The number of aromatic nitrogens is 2. The third kappa shape index (κ3) is 3.68. The molecular weight excluding hydrogens is 348 g/mol. The number of nitrogens with zero attached hydrogens (tertiary/aromatic N) is 3. The molecular formula is C20H23ClN4O. The molecule has 5 nitrogen and oxygen atoms in total. The summed E-state index contributed by atoms with van der Waals surface area (Å²) in [7, 11) is 0. The summed E-state index contributed by atoms with van der Waals surface area (Å²) in [5.41, 5.74) is 2.67. The summed E-state index contributed by atoms with van der Waals surface area (Å²) < 4.78 is 0. The number of hydrogen-bond acceptors (Lipinski definition) is 4. The van der Waals surface area contributed by atoms with Crippen molar-refractivity contribution in [1.82, 2.24) is 15.5 Å². The Morgan fingerprint density at radius 2 is 1.88 bits per heavy atom. The van der Waals surface area contributed by atoms with Gasteiger partial charge in [0.2, 0.25) is 5.91 Å². The smallest absolute Gasteiger partial charge is 0.223 e. The Kier molecular flexibility index (Phi) is 5.07. The average Bonchev–Trinajstić information content (AvgIpc) is 2.69. The summed E-state index contributed by atoms with van der Waals surface area (Å²) in [6.45, 7) is 1.63. The van der Waals surface area contributed by atoms with Crippen molar-refractivity contribution in [2.24, 2.45) is 5.92 Å². The van der Waals surface area contributed by atoms with Gasteiger partial charge in [0.25, 0.3) is 0 Å². The Labute approximate surface area is 158 Å². The van der Waals surface area contributed by atoms with Crippen LogP contribution in [-0.4, -0.2) is 29.2 Å². The van der Waals surface area contributed by atoms with E-state index in [0.717, 1.165) is 51.0 Å². The number of aryl methyl sites for hydroxylation is 1. The van der Waals surface area contributed by atoms with Gasteiger partial charge >= 0.3 is 0 Å². The van der Waals surface area contributed by atoms with Crippen LogP contribution in [-0.2, 0) is 11.2 Å². The Balaban J connectivity index is 1.35. The summed E-state index contributed by atoms with van der Waals surface area (Å²) >= 11 is 5.80. The van der Waals surface area contributed by atoms with Crippen molar-refractivity contribution in [1.29, 1.82) is 0 Å². The van der Waals surface area contributed by atoms with Crippen molar-refractivity contribution in [3.8, 4) is 0 Å². The SMILES string of the molecule is O=C(NC1CCCc2ccccc21)C1CCN(c2ccc(Cl)nn2)CC1. The van der Waals surface area contributed by atoms with Crippen LogP contribution in [0.5, 0.6) is 0 Å². The number of halogens is 1. The van der Waals surface area contributed by atoms with Gasteiger partial charge in [-0.05, 0) is 55.4 Å². The molecule has 26 heavy (non-hydrogen) atoms. The first-order valence-corrected chi connectivity index (χ1v) is 9.71. The van der Waals surface area contributed by atoms with Gasteiger partial charge in [0.15, 0.2) is 11.0 Å². The van der Waals surface area contributed by atoms with E-state index < -0.39 is 0 Å². The van der Waals surface area contributed by atoms with Crippen LogP contribution in [0.15, 0.2) is 36.4 Å². The third-order valence-corrected chi connectivity index (χ3v) is 5.70. The van der Waals surface area contributed by atoms with E-state index in [1.165, 1.54) is 11.1 Å². The second-order valence-electron chi connectivity index (χ2n) is 7.13. The second kappa shape index (κ2) is 7.62. The number of amides is 1. The van der Waals surface area contributed by atoms with Crippen LogP contribution >= 0.6 is 11.6 Å². The van der Waals surface area contributed by atoms with E-state index in [0.29, 0.717) is 5.15 Å². The number of carbonyl (C=O) groups excluding carboxylic acids is 1. The van der Waals surface area contributed by atoms with Gasteiger partial charge in [-0.2, -0.15) is 0 Å². The Hall–Kier alpha value is -2.14. The van der Waals surface area contributed by atoms with Gasteiger partial charge in [-0.3, -0.25) is 4.79 Å². The molecule has 1 unspecified atom stereocenters. The van der Waals surface area contributed by atoms with E-state index in [1.807, 2.05) is 6.07 Å². The summed E-state index contributed by atoms with van der Waals surface area (Å²) in [6.07, 6.45) is 4.95. The van der Waals surface area contributed by atoms with Crippen molar-refractivity contribution >= 4 is 23.3 Å². The number of nitrogens with one attached hydrogen (secondary N) is 1. The largest absolute Gasteiger partial charge is 0.355 e. The van der Waals surface area contributed by atoms with Gasteiger partial charge in [0.1, 0.15) is 0 Å². The van der Waals surface area contributed by atoms with E-state index in [1.54, 1.807) is 6.07 Å². The summed E-state index contributed by atoms with van der Waals surface area (Å²) in [5, 5.41) is 11.7. The molecule has 2 heterocycles. The lowest BCUT2D eigenvalue weighted by molar-refractivity contribution is -0.126. The van der Waals surface area contributed by atoms with Gasteiger partial charge in [0, 0.05) is 19.0 Å². The zero-order valence-electron chi connectivity index (χ0n) is 14.7.